The van der Waals surface area contributed by atoms with Crippen LogP contribution in [0.2, 0.25) is 0 Å². The molecular weight excluding hydrogens is 478 g/mol. The zero-order valence-corrected chi connectivity index (χ0v) is 18.6. The zero-order chi connectivity index (χ0) is 25.3. The minimum atomic E-state index is -1.42. The van der Waals surface area contributed by atoms with Gasteiger partial charge in [0.15, 0.2) is 5.78 Å². The highest BCUT2D eigenvalue weighted by atomic mass is 16.8. The Labute approximate surface area is 201 Å². The number of esters is 1. The highest BCUT2D eigenvalue weighted by molar-refractivity contribution is 6.06. The van der Waals surface area contributed by atoms with Gasteiger partial charge in [0.1, 0.15) is 28.7 Å². The van der Waals surface area contributed by atoms with Gasteiger partial charge in [-0.15, -0.1) is 0 Å². The van der Waals surface area contributed by atoms with E-state index in [4.69, 9.17) is 23.4 Å². The molecule has 12 nitrogen and oxygen atoms in total. The summed E-state index contributed by atoms with van der Waals surface area (Å²) < 4.78 is 27.8. The van der Waals surface area contributed by atoms with Crippen LogP contribution < -0.4 is 15.1 Å². The topological polar surface area (TPSA) is 165 Å². The fourth-order valence-electron chi connectivity index (χ4n) is 5.03. The van der Waals surface area contributed by atoms with Crippen LogP contribution in [0.3, 0.4) is 0 Å². The lowest BCUT2D eigenvalue weighted by atomic mass is 9.92. The number of benzene rings is 2. The molecule has 0 spiro atoms. The number of methoxy groups -OCH3 is 1. The third-order valence-electron chi connectivity index (χ3n) is 6.67. The second-order valence-corrected chi connectivity index (χ2v) is 8.58. The van der Waals surface area contributed by atoms with Crippen molar-refractivity contribution in [2.45, 2.75) is 37.4 Å². The summed E-state index contributed by atoms with van der Waals surface area (Å²) in [6.45, 7) is 0. The van der Waals surface area contributed by atoms with Gasteiger partial charge in [-0.25, -0.2) is 9.59 Å². The van der Waals surface area contributed by atoms with Gasteiger partial charge >= 0.3 is 11.6 Å². The van der Waals surface area contributed by atoms with Crippen molar-refractivity contribution in [3.05, 3.63) is 73.1 Å². The number of hydrogen-bond acceptors (Lipinski definition) is 11. The minimum absolute atomic E-state index is 0.00524. The Kier molecular flexibility index (Phi) is 4.85. The predicted molar refractivity (Wildman–Crippen MR) is 118 cm³/mol. The summed E-state index contributed by atoms with van der Waals surface area (Å²) in [7, 11) is 1.43. The van der Waals surface area contributed by atoms with Crippen molar-refractivity contribution in [2.75, 3.05) is 7.11 Å². The number of fused-ring (bicyclic) bond motifs is 7. The van der Waals surface area contributed by atoms with E-state index in [2.05, 4.69) is 0 Å². The average Bonchev–Trinajstić information content (AvgIpc) is 3.51. The number of carbonyl (C=O) groups is 2. The highest BCUT2D eigenvalue weighted by Crippen LogP contribution is 2.52. The molecule has 1 N–H and O–H groups in total. The van der Waals surface area contributed by atoms with Crippen molar-refractivity contribution in [3.63, 3.8) is 0 Å². The van der Waals surface area contributed by atoms with Crippen LogP contribution in [0.5, 0.6) is 11.5 Å². The lowest BCUT2D eigenvalue weighted by Crippen LogP contribution is -2.30. The SMILES string of the molecule is COc1cc2c(c3oc(=O)c4c(c13)CCC4=O)C1C(O2)OC(OC(=O)c2ccc([N+](=O)[O-])cc2)C1O. The summed E-state index contributed by atoms with van der Waals surface area (Å²) in [6.07, 6.45) is -3.35. The lowest BCUT2D eigenvalue weighted by Gasteiger charge is -2.19. The molecule has 2 aromatic carbocycles. The standard InChI is InChI=1S/C24H17NO11/c1-32-13-8-14-17(20-16(13)11-6-7-12(26)15(11)22(29)34-20)18-19(27)24(36-23(18)33-14)35-21(28)9-2-4-10(5-3-9)25(30)31/h2-5,8,18-19,23-24,27H,6-7H2,1H3. The molecule has 2 aliphatic heterocycles. The monoisotopic (exact) mass is 495 g/mol. The van der Waals surface area contributed by atoms with Crippen LogP contribution in [-0.2, 0) is 15.9 Å². The summed E-state index contributed by atoms with van der Waals surface area (Å²) in [5.74, 6) is -1.44. The zero-order valence-electron chi connectivity index (χ0n) is 18.6. The fraction of sp³-hybridized carbons (Fsp3) is 0.292. The molecule has 3 aromatic rings. The molecule has 6 rings (SSSR count). The molecule has 1 fully saturated rings. The number of aryl methyl sites for hydroxylation is 1. The maximum Gasteiger partial charge on any atom is 0.347 e. The molecule has 0 bridgehead atoms. The molecule has 3 heterocycles. The van der Waals surface area contributed by atoms with E-state index in [-0.39, 0.29) is 40.4 Å². The number of nitro groups is 1. The van der Waals surface area contributed by atoms with E-state index in [9.17, 15) is 29.6 Å². The van der Waals surface area contributed by atoms with Gasteiger partial charge in [0, 0.05) is 24.6 Å². The molecule has 1 aromatic heterocycles. The van der Waals surface area contributed by atoms with Crippen molar-refractivity contribution < 1.29 is 43.0 Å². The maximum absolute atomic E-state index is 12.7. The summed E-state index contributed by atoms with van der Waals surface area (Å²) in [5.41, 5.74) is 0.0137. The third kappa shape index (κ3) is 3.11. The second kappa shape index (κ2) is 7.86. The van der Waals surface area contributed by atoms with Crippen molar-refractivity contribution in [3.8, 4) is 11.5 Å². The van der Waals surface area contributed by atoms with Crippen LogP contribution in [0.1, 0.15) is 44.2 Å². The van der Waals surface area contributed by atoms with Gasteiger partial charge in [0.25, 0.3) is 5.69 Å². The number of ketones is 1. The normalized spacial score (nSPS) is 23.7. The Morgan fingerprint density at radius 3 is 2.64 bits per heavy atom. The highest BCUT2D eigenvalue weighted by Gasteiger charge is 2.54. The minimum Gasteiger partial charge on any atom is -0.496 e. The Balaban J connectivity index is 1.36. The van der Waals surface area contributed by atoms with Crippen LogP contribution in [0.25, 0.3) is 11.0 Å². The molecule has 36 heavy (non-hydrogen) atoms. The molecule has 4 atom stereocenters. The van der Waals surface area contributed by atoms with Crippen LogP contribution in [0.4, 0.5) is 5.69 Å². The number of ether oxygens (including phenoxy) is 4. The van der Waals surface area contributed by atoms with E-state index >= 15 is 0 Å². The van der Waals surface area contributed by atoms with Crippen molar-refractivity contribution in [1.82, 2.24) is 0 Å². The van der Waals surface area contributed by atoms with Crippen molar-refractivity contribution >= 4 is 28.4 Å². The van der Waals surface area contributed by atoms with E-state index in [1.54, 1.807) is 6.07 Å². The number of hydrogen-bond donors (Lipinski definition) is 1. The van der Waals surface area contributed by atoms with E-state index < -0.39 is 41.1 Å². The number of Topliss-reactive ketones (excluding diaryl/α,β-unsaturated/α-hetero) is 1. The fourth-order valence-corrected chi connectivity index (χ4v) is 5.03. The molecule has 1 aliphatic carbocycles. The van der Waals surface area contributed by atoms with Gasteiger partial charge < -0.3 is 23.7 Å². The molecule has 0 saturated carbocycles. The molecule has 0 radical (unpaired) electrons. The van der Waals surface area contributed by atoms with Gasteiger partial charge in [0.2, 0.25) is 12.6 Å². The molecule has 3 aliphatic rings. The maximum atomic E-state index is 12.7. The van der Waals surface area contributed by atoms with E-state index in [0.717, 1.165) is 12.1 Å². The summed E-state index contributed by atoms with van der Waals surface area (Å²) in [4.78, 5) is 47.7. The summed E-state index contributed by atoms with van der Waals surface area (Å²) in [6, 6.07) is 6.34. The number of rotatable bonds is 4. The summed E-state index contributed by atoms with van der Waals surface area (Å²) >= 11 is 0. The van der Waals surface area contributed by atoms with Gasteiger partial charge in [0.05, 0.1) is 34.5 Å². The molecule has 184 valence electrons. The number of aliphatic hydroxyl groups excluding tert-OH is 1. The first-order chi connectivity index (χ1) is 17.3. The van der Waals surface area contributed by atoms with Crippen LogP contribution >= 0.6 is 0 Å². The Morgan fingerprint density at radius 2 is 1.94 bits per heavy atom. The quantitative estimate of drug-likeness (QED) is 0.244. The van der Waals surface area contributed by atoms with Gasteiger partial charge in [-0.3, -0.25) is 19.6 Å². The van der Waals surface area contributed by atoms with Gasteiger partial charge in [-0.05, 0) is 24.1 Å². The molecular formula is C24H17NO11. The number of nitrogens with zero attached hydrogens (tertiary/aromatic N) is 1. The van der Waals surface area contributed by atoms with Crippen molar-refractivity contribution in [1.29, 1.82) is 0 Å². The smallest absolute Gasteiger partial charge is 0.347 e. The van der Waals surface area contributed by atoms with E-state index in [1.165, 1.54) is 19.2 Å². The van der Waals surface area contributed by atoms with Crippen LogP contribution in [0.15, 0.2) is 39.5 Å². The Bertz CT molecular complexity index is 1520. The Morgan fingerprint density at radius 1 is 1.19 bits per heavy atom. The van der Waals surface area contributed by atoms with Crippen LogP contribution in [-0.4, -0.2) is 47.6 Å². The molecule has 12 heteroatoms. The van der Waals surface area contributed by atoms with E-state index in [1.807, 2.05) is 0 Å². The number of carbonyl (C=O) groups excluding carboxylic acids is 2. The van der Waals surface area contributed by atoms with Crippen LogP contribution in [0, 0.1) is 10.1 Å². The number of aliphatic hydroxyl groups is 1. The second-order valence-electron chi connectivity index (χ2n) is 8.58. The molecule has 4 unspecified atom stereocenters. The van der Waals surface area contributed by atoms with E-state index in [0.29, 0.717) is 28.7 Å². The summed E-state index contributed by atoms with van der Waals surface area (Å²) in [5, 5.41) is 22.3. The Hall–Kier alpha value is -4.29. The first-order valence-corrected chi connectivity index (χ1v) is 11.0. The first kappa shape index (κ1) is 22.2. The predicted octanol–water partition coefficient (Wildman–Crippen LogP) is 2.22. The molecule has 1 saturated heterocycles. The third-order valence-corrected chi connectivity index (χ3v) is 6.67. The lowest BCUT2D eigenvalue weighted by molar-refractivity contribution is -0.384. The van der Waals surface area contributed by atoms with Crippen molar-refractivity contribution in [2.24, 2.45) is 0 Å². The number of nitro benzene ring substituents is 1. The largest absolute Gasteiger partial charge is 0.496 e. The van der Waals surface area contributed by atoms with Gasteiger partial charge in [-0.2, -0.15) is 0 Å². The average molecular weight is 495 g/mol. The first-order valence-electron chi connectivity index (χ1n) is 11.0. The number of non-ortho nitro benzene ring substituents is 1. The molecule has 0 amide bonds. The van der Waals surface area contributed by atoms with Gasteiger partial charge in [-0.1, -0.05) is 0 Å².